The number of carbonyl (C=O) groups excluding carboxylic acids is 1. The number of anilines is 1. The van der Waals surface area contributed by atoms with Crippen LogP contribution in [0.4, 0.5) is 5.69 Å². The van der Waals surface area contributed by atoms with E-state index in [9.17, 15) is 4.79 Å². The molecule has 0 aliphatic carbocycles. The Balaban J connectivity index is 1.57. The van der Waals surface area contributed by atoms with Gasteiger partial charge in [-0.2, -0.15) is 4.98 Å². The molecule has 6 nitrogen and oxygen atoms in total. The van der Waals surface area contributed by atoms with E-state index in [2.05, 4.69) is 15.5 Å². The fourth-order valence-corrected chi connectivity index (χ4v) is 2.77. The molecular weight excluding hydrogens is 364 g/mol. The molecule has 0 saturated carbocycles. The van der Waals surface area contributed by atoms with Crippen LogP contribution in [0.25, 0.3) is 11.4 Å². The Labute approximate surface area is 163 Å². The van der Waals surface area contributed by atoms with E-state index in [-0.39, 0.29) is 12.5 Å². The summed E-state index contributed by atoms with van der Waals surface area (Å²) in [6.45, 7) is 4.60. The average Bonchev–Trinajstić information content (AvgIpc) is 3.07. The van der Waals surface area contributed by atoms with Gasteiger partial charge in [0.1, 0.15) is 0 Å². The first-order chi connectivity index (χ1) is 12.9. The maximum Gasteiger partial charge on any atom is 0.241 e. The molecule has 0 bridgehead atoms. The van der Waals surface area contributed by atoms with Crippen molar-refractivity contribution in [1.82, 2.24) is 15.0 Å². The molecule has 0 aliphatic heterocycles. The van der Waals surface area contributed by atoms with Crippen molar-refractivity contribution in [3.63, 3.8) is 0 Å². The van der Waals surface area contributed by atoms with Crippen LogP contribution in [0.2, 0.25) is 5.02 Å². The van der Waals surface area contributed by atoms with Crippen LogP contribution in [0.1, 0.15) is 17.0 Å². The maximum absolute atomic E-state index is 12.3. The number of benzene rings is 2. The molecule has 1 N–H and O–H groups in total. The maximum atomic E-state index is 12.3. The fourth-order valence-electron chi connectivity index (χ4n) is 2.64. The summed E-state index contributed by atoms with van der Waals surface area (Å²) in [4.78, 5) is 18.5. The Hall–Kier alpha value is -2.70. The highest BCUT2D eigenvalue weighted by Gasteiger charge is 2.14. The van der Waals surface area contributed by atoms with Gasteiger partial charge in [0, 0.05) is 16.3 Å². The number of halogens is 1. The van der Waals surface area contributed by atoms with Crippen LogP contribution in [0.3, 0.4) is 0 Å². The zero-order valence-corrected chi connectivity index (χ0v) is 16.2. The first-order valence-corrected chi connectivity index (χ1v) is 8.93. The van der Waals surface area contributed by atoms with Crippen molar-refractivity contribution < 1.29 is 9.32 Å². The molecule has 2 aromatic carbocycles. The number of amides is 1. The minimum Gasteiger partial charge on any atom is -0.338 e. The number of aryl methyl sites for hydroxylation is 1. The molecule has 3 rings (SSSR count). The van der Waals surface area contributed by atoms with Gasteiger partial charge in [-0.05, 0) is 62.4 Å². The smallest absolute Gasteiger partial charge is 0.241 e. The van der Waals surface area contributed by atoms with E-state index in [0.717, 1.165) is 22.4 Å². The molecular formula is C20H21ClN4O2. The lowest BCUT2D eigenvalue weighted by Crippen LogP contribution is -2.30. The number of likely N-dealkylation sites (N-methyl/N-ethyl adjacent to an activating group) is 1. The molecule has 1 aromatic heterocycles. The third-order valence-corrected chi connectivity index (χ3v) is 4.52. The van der Waals surface area contributed by atoms with Gasteiger partial charge in [-0.1, -0.05) is 28.9 Å². The summed E-state index contributed by atoms with van der Waals surface area (Å²) in [5.74, 6) is 0.848. The van der Waals surface area contributed by atoms with Crippen molar-refractivity contribution in [3.05, 3.63) is 64.5 Å². The van der Waals surface area contributed by atoms with Crippen LogP contribution in [-0.2, 0) is 11.3 Å². The summed E-state index contributed by atoms with van der Waals surface area (Å²) in [6.07, 6.45) is 0. The predicted molar refractivity (Wildman–Crippen MR) is 106 cm³/mol. The van der Waals surface area contributed by atoms with Gasteiger partial charge in [-0.15, -0.1) is 0 Å². The molecule has 0 radical (unpaired) electrons. The van der Waals surface area contributed by atoms with E-state index in [1.807, 2.05) is 56.1 Å². The summed E-state index contributed by atoms with van der Waals surface area (Å²) in [5, 5.41) is 7.58. The summed E-state index contributed by atoms with van der Waals surface area (Å²) < 4.78 is 5.29. The second-order valence-electron chi connectivity index (χ2n) is 6.49. The third kappa shape index (κ3) is 4.93. The third-order valence-electron chi connectivity index (χ3n) is 4.27. The van der Waals surface area contributed by atoms with Crippen molar-refractivity contribution in [1.29, 1.82) is 0 Å². The highest BCUT2D eigenvalue weighted by atomic mass is 35.5. The molecule has 0 aliphatic rings. The van der Waals surface area contributed by atoms with Gasteiger partial charge in [-0.25, -0.2) is 0 Å². The first-order valence-electron chi connectivity index (χ1n) is 8.55. The van der Waals surface area contributed by atoms with Crippen molar-refractivity contribution in [2.75, 3.05) is 18.9 Å². The summed E-state index contributed by atoms with van der Waals surface area (Å²) >= 11 is 5.89. The zero-order chi connectivity index (χ0) is 19.4. The molecule has 0 spiro atoms. The Morgan fingerprint density at radius 2 is 1.93 bits per heavy atom. The predicted octanol–water partition coefficient (Wildman–Crippen LogP) is 4.08. The SMILES string of the molecule is Cc1cccc(NC(=O)CN(C)Cc2nc(-c3ccc(Cl)cc3)no2)c1C. The monoisotopic (exact) mass is 384 g/mol. The standard InChI is InChI=1S/C20H21ClN4O2/c1-13-5-4-6-17(14(13)2)22-18(26)11-25(3)12-19-23-20(24-27-19)15-7-9-16(21)10-8-15/h4-10H,11-12H2,1-3H3,(H,22,26). The summed E-state index contributed by atoms with van der Waals surface area (Å²) in [7, 11) is 1.83. The highest BCUT2D eigenvalue weighted by Crippen LogP contribution is 2.19. The second-order valence-corrected chi connectivity index (χ2v) is 6.92. The van der Waals surface area contributed by atoms with Crippen LogP contribution in [0, 0.1) is 13.8 Å². The Morgan fingerprint density at radius 3 is 2.67 bits per heavy atom. The average molecular weight is 385 g/mol. The molecule has 0 fully saturated rings. The number of rotatable bonds is 6. The second kappa shape index (κ2) is 8.33. The van der Waals surface area contributed by atoms with E-state index >= 15 is 0 Å². The number of carbonyl (C=O) groups is 1. The van der Waals surface area contributed by atoms with Gasteiger partial charge in [0.05, 0.1) is 13.1 Å². The highest BCUT2D eigenvalue weighted by molar-refractivity contribution is 6.30. The molecule has 0 unspecified atom stereocenters. The quantitative estimate of drug-likeness (QED) is 0.693. The molecule has 1 amide bonds. The van der Waals surface area contributed by atoms with Gasteiger partial charge in [0.2, 0.25) is 17.6 Å². The Bertz CT molecular complexity index is 937. The fraction of sp³-hybridized carbons (Fsp3) is 0.250. The largest absolute Gasteiger partial charge is 0.338 e. The van der Waals surface area contributed by atoms with E-state index in [1.165, 1.54) is 0 Å². The molecule has 1 heterocycles. The van der Waals surface area contributed by atoms with Crippen molar-refractivity contribution in [3.8, 4) is 11.4 Å². The minimum atomic E-state index is -0.0939. The number of hydrogen-bond donors (Lipinski definition) is 1. The molecule has 140 valence electrons. The van der Waals surface area contributed by atoms with Gasteiger partial charge in [0.25, 0.3) is 0 Å². The topological polar surface area (TPSA) is 71.3 Å². The molecule has 7 heteroatoms. The van der Waals surface area contributed by atoms with Crippen molar-refractivity contribution in [2.45, 2.75) is 20.4 Å². The molecule has 3 aromatic rings. The van der Waals surface area contributed by atoms with Crippen LogP contribution in [0.5, 0.6) is 0 Å². The number of hydrogen-bond acceptors (Lipinski definition) is 5. The lowest BCUT2D eigenvalue weighted by atomic mass is 10.1. The lowest BCUT2D eigenvalue weighted by molar-refractivity contribution is -0.117. The molecule has 0 saturated heterocycles. The van der Waals surface area contributed by atoms with Gasteiger partial charge >= 0.3 is 0 Å². The van der Waals surface area contributed by atoms with Gasteiger partial charge in [0.15, 0.2) is 0 Å². The van der Waals surface area contributed by atoms with Gasteiger partial charge < -0.3 is 9.84 Å². The van der Waals surface area contributed by atoms with Crippen molar-refractivity contribution >= 4 is 23.2 Å². The molecule has 0 atom stereocenters. The lowest BCUT2D eigenvalue weighted by Gasteiger charge is -2.15. The van der Waals surface area contributed by atoms with Crippen LogP contribution >= 0.6 is 11.6 Å². The van der Waals surface area contributed by atoms with E-state index in [1.54, 1.807) is 12.1 Å². The van der Waals surface area contributed by atoms with Crippen LogP contribution in [0.15, 0.2) is 47.0 Å². The summed E-state index contributed by atoms with van der Waals surface area (Å²) in [5.41, 5.74) is 3.86. The first kappa shape index (κ1) is 19.1. The number of aromatic nitrogens is 2. The zero-order valence-electron chi connectivity index (χ0n) is 15.5. The molecule has 27 heavy (non-hydrogen) atoms. The van der Waals surface area contributed by atoms with Gasteiger partial charge in [-0.3, -0.25) is 9.69 Å². The summed E-state index contributed by atoms with van der Waals surface area (Å²) in [6, 6.07) is 13.1. The number of nitrogens with zero attached hydrogens (tertiary/aromatic N) is 3. The van der Waals surface area contributed by atoms with Crippen molar-refractivity contribution in [2.24, 2.45) is 0 Å². The number of nitrogens with one attached hydrogen (secondary N) is 1. The van der Waals surface area contributed by atoms with Crippen LogP contribution < -0.4 is 5.32 Å². The van der Waals surface area contributed by atoms with Crippen LogP contribution in [-0.4, -0.2) is 34.5 Å². The Kier molecular flexibility index (Phi) is 5.88. The van der Waals surface area contributed by atoms with E-state index in [0.29, 0.717) is 23.3 Å². The van der Waals surface area contributed by atoms with E-state index in [4.69, 9.17) is 16.1 Å². The Morgan fingerprint density at radius 1 is 1.19 bits per heavy atom. The van der Waals surface area contributed by atoms with E-state index < -0.39 is 0 Å². The minimum absolute atomic E-state index is 0.0939. The normalized spacial score (nSPS) is 11.0.